The molecule has 0 aliphatic carbocycles. The molecule has 0 aliphatic rings. The molecule has 3 aromatic rings. The van der Waals surface area contributed by atoms with Gasteiger partial charge in [0, 0.05) is 11.8 Å². The van der Waals surface area contributed by atoms with Crippen LogP contribution in [0.2, 0.25) is 0 Å². The number of aromatic nitrogens is 3. The van der Waals surface area contributed by atoms with Crippen molar-refractivity contribution in [1.82, 2.24) is 26.0 Å². The minimum atomic E-state index is -0.527. The Morgan fingerprint density at radius 2 is 1.88 bits per heavy atom. The van der Waals surface area contributed by atoms with Crippen LogP contribution in [-0.4, -0.2) is 32.7 Å². The molecule has 2 N–H and O–H groups in total. The highest BCUT2D eigenvalue weighted by Gasteiger charge is 2.12. The maximum Gasteiger partial charge on any atom is 0.288 e. The minimum Gasteiger partial charge on any atom is -0.411 e. The molecular formula is C16H12FN5O3S. The van der Waals surface area contributed by atoms with Gasteiger partial charge in [0.15, 0.2) is 0 Å². The molecule has 0 radical (unpaired) electrons. The van der Waals surface area contributed by atoms with Crippen LogP contribution < -0.4 is 10.9 Å². The second-order valence-electron chi connectivity index (χ2n) is 4.89. The molecule has 0 bridgehead atoms. The normalized spacial score (nSPS) is 10.3. The number of thioether (sulfide) groups is 1. The fourth-order valence-corrected chi connectivity index (χ4v) is 2.39. The predicted molar refractivity (Wildman–Crippen MR) is 90.3 cm³/mol. The number of carbonyl (C=O) groups excluding carboxylic acids is 2. The highest BCUT2D eigenvalue weighted by molar-refractivity contribution is 7.99. The van der Waals surface area contributed by atoms with Crippen molar-refractivity contribution in [2.75, 3.05) is 5.75 Å². The van der Waals surface area contributed by atoms with Crippen molar-refractivity contribution in [2.24, 2.45) is 0 Å². The maximum absolute atomic E-state index is 12.9. The summed E-state index contributed by atoms with van der Waals surface area (Å²) in [4.78, 5) is 27.4. The first-order valence-electron chi connectivity index (χ1n) is 7.34. The lowest BCUT2D eigenvalue weighted by Gasteiger charge is -2.05. The Kier molecular flexibility index (Phi) is 5.54. The van der Waals surface area contributed by atoms with Crippen molar-refractivity contribution in [3.05, 3.63) is 60.2 Å². The molecule has 0 fully saturated rings. The monoisotopic (exact) mass is 373 g/mol. The lowest BCUT2D eigenvalue weighted by atomic mass is 10.2. The number of halogens is 1. The molecule has 132 valence electrons. The fraction of sp³-hybridized carbons (Fsp3) is 0.0625. The number of pyridine rings is 1. The van der Waals surface area contributed by atoms with Crippen molar-refractivity contribution in [3.63, 3.8) is 0 Å². The molecule has 10 heteroatoms. The average Bonchev–Trinajstić information content (AvgIpc) is 3.14. The molecule has 2 heterocycles. The van der Waals surface area contributed by atoms with Crippen molar-refractivity contribution >= 4 is 23.6 Å². The summed E-state index contributed by atoms with van der Waals surface area (Å²) in [5.74, 6) is -1.18. The number of hydrogen-bond donors (Lipinski definition) is 2. The highest BCUT2D eigenvalue weighted by Crippen LogP contribution is 2.23. The van der Waals surface area contributed by atoms with Crippen LogP contribution in [0.3, 0.4) is 0 Å². The van der Waals surface area contributed by atoms with E-state index in [4.69, 9.17) is 4.42 Å². The van der Waals surface area contributed by atoms with Gasteiger partial charge in [-0.3, -0.25) is 25.4 Å². The topological polar surface area (TPSA) is 110 Å². The van der Waals surface area contributed by atoms with Crippen LogP contribution in [0.4, 0.5) is 4.39 Å². The van der Waals surface area contributed by atoms with Crippen LogP contribution in [0.1, 0.15) is 10.5 Å². The van der Waals surface area contributed by atoms with Gasteiger partial charge in [0.1, 0.15) is 11.5 Å². The standard InChI is InChI=1S/C16H12FN5O3S/c17-11-6-4-10(5-7-11)15-21-22-16(25-15)26-9-13(23)19-20-14(24)12-3-1-2-8-18-12/h1-8H,9H2,(H,19,23)(H,20,24). The molecule has 26 heavy (non-hydrogen) atoms. The number of hydrazine groups is 1. The molecule has 0 atom stereocenters. The smallest absolute Gasteiger partial charge is 0.288 e. The minimum absolute atomic E-state index is 0.0481. The van der Waals surface area contributed by atoms with E-state index in [1.165, 1.54) is 36.5 Å². The molecular weight excluding hydrogens is 361 g/mol. The number of hydrogen-bond acceptors (Lipinski definition) is 7. The first-order chi connectivity index (χ1) is 12.6. The Balaban J connectivity index is 1.47. The zero-order valence-corrected chi connectivity index (χ0v) is 14.0. The highest BCUT2D eigenvalue weighted by atomic mass is 32.2. The van der Waals surface area contributed by atoms with E-state index in [1.807, 2.05) is 0 Å². The number of rotatable bonds is 5. The van der Waals surface area contributed by atoms with Gasteiger partial charge in [0.25, 0.3) is 11.1 Å². The van der Waals surface area contributed by atoms with Crippen LogP contribution in [0.5, 0.6) is 0 Å². The first-order valence-corrected chi connectivity index (χ1v) is 8.33. The molecule has 0 aliphatic heterocycles. The Morgan fingerprint density at radius 1 is 1.08 bits per heavy atom. The zero-order valence-electron chi connectivity index (χ0n) is 13.2. The van der Waals surface area contributed by atoms with Crippen LogP contribution in [0.15, 0.2) is 58.3 Å². The van der Waals surface area contributed by atoms with Gasteiger partial charge in [-0.1, -0.05) is 17.8 Å². The van der Waals surface area contributed by atoms with Crippen LogP contribution in [0, 0.1) is 5.82 Å². The summed E-state index contributed by atoms with van der Waals surface area (Å²) in [5.41, 5.74) is 5.27. The van der Waals surface area contributed by atoms with Crippen LogP contribution in [-0.2, 0) is 4.79 Å². The number of benzene rings is 1. The van der Waals surface area contributed by atoms with Gasteiger partial charge in [0.05, 0.1) is 5.75 Å². The Bertz CT molecular complexity index is 902. The van der Waals surface area contributed by atoms with Crippen LogP contribution in [0.25, 0.3) is 11.5 Å². The van der Waals surface area contributed by atoms with Gasteiger partial charge >= 0.3 is 0 Å². The lowest BCUT2D eigenvalue weighted by Crippen LogP contribution is -2.42. The fourth-order valence-electron chi connectivity index (χ4n) is 1.83. The third kappa shape index (κ3) is 4.63. The van der Waals surface area contributed by atoms with E-state index in [2.05, 4.69) is 26.0 Å². The average molecular weight is 373 g/mol. The Hall–Kier alpha value is -3.27. The second kappa shape index (κ2) is 8.21. The second-order valence-corrected chi connectivity index (χ2v) is 5.81. The molecule has 0 spiro atoms. The van der Waals surface area contributed by atoms with Gasteiger partial charge in [-0.15, -0.1) is 10.2 Å². The molecule has 2 amide bonds. The van der Waals surface area contributed by atoms with Crippen molar-refractivity contribution in [2.45, 2.75) is 5.22 Å². The molecule has 2 aromatic heterocycles. The summed E-state index contributed by atoms with van der Waals surface area (Å²) in [6.45, 7) is 0. The molecule has 3 rings (SSSR count). The zero-order chi connectivity index (χ0) is 18.4. The van der Waals surface area contributed by atoms with Gasteiger partial charge in [-0.05, 0) is 36.4 Å². The Labute approximate surface area is 151 Å². The van der Waals surface area contributed by atoms with Gasteiger partial charge in [-0.2, -0.15) is 0 Å². The van der Waals surface area contributed by atoms with E-state index in [9.17, 15) is 14.0 Å². The summed E-state index contributed by atoms with van der Waals surface area (Å²) in [7, 11) is 0. The predicted octanol–water partition coefficient (Wildman–Crippen LogP) is 1.82. The maximum atomic E-state index is 12.9. The third-order valence-corrected chi connectivity index (χ3v) is 3.86. The lowest BCUT2D eigenvalue weighted by molar-refractivity contribution is -0.119. The third-order valence-electron chi connectivity index (χ3n) is 3.04. The van der Waals surface area contributed by atoms with Gasteiger partial charge in [-0.25, -0.2) is 4.39 Å². The summed E-state index contributed by atoms with van der Waals surface area (Å²) >= 11 is 1.00. The first kappa shape index (κ1) is 17.5. The number of nitrogens with zero attached hydrogens (tertiary/aromatic N) is 3. The Morgan fingerprint density at radius 3 is 2.62 bits per heavy atom. The molecule has 0 saturated carbocycles. The van der Waals surface area contributed by atoms with E-state index in [0.29, 0.717) is 5.56 Å². The van der Waals surface area contributed by atoms with Gasteiger partial charge < -0.3 is 4.42 Å². The summed E-state index contributed by atoms with van der Waals surface area (Å²) in [6, 6.07) is 10.4. The number of nitrogens with one attached hydrogen (secondary N) is 2. The van der Waals surface area contributed by atoms with E-state index in [-0.39, 0.29) is 28.4 Å². The summed E-state index contributed by atoms with van der Waals surface area (Å²) in [5, 5.41) is 7.82. The van der Waals surface area contributed by atoms with Crippen molar-refractivity contribution in [3.8, 4) is 11.5 Å². The summed E-state index contributed by atoms with van der Waals surface area (Å²) in [6.07, 6.45) is 1.47. The SMILES string of the molecule is O=C(CSc1nnc(-c2ccc(F)cc2)o1)NNC(=O)c1ccccn1. The molecule has 1 aromatic carbocycles. The van der Waals surface area contributed by atoms with Gasteiger partial charge in [0.2, 0.25) is 11.8 Å². The van der Waals surface area contributed by atoms with E-state index in [1.54, 1.807) is 12.1 Å². The summed E-state index contributed by atoms with van der Waals surface area (Å²) < 4.78 is 18.3. The van der Waals surface area contributed by atoms with E-state index < -0.39 is 11.8 Å². The number of carbonyl (C=O) groups is 2. The van der Waals surface area contributed by atoms with E-state index >= 15 is 0 Å². The number of amides is 2. The molecule has 0 unspecified atom stereocenters. The molecule has 0 saturated heterocycles. The van der Waals surface area contributed by atoms with Crippen molar-refractivity contribution in [1.29, 1.82) is 0 Å². The largest absolute Gasteiger partial charge is 0.411 e. The van der Waals surface area contributed by atoms with Crippen LogP contribution >= 0.6 is 11.8 Å². The van der Waals surface area contributed by atoms with E-state index in [0.717, 1.165) is 11.8 Å². The molecule has 8 nitrogen and oxygen atoms in total. The van der Waals surface area contributed by atoms with Crippen molar-refractivity contribution < 1.29 is 18.4 Å². The quantitative estimate of drug-likeness (QED) is 0.518.